The summed E-state index contributed by atoms with van der Waals surface area (Å²) in [5, 5.41) is 0. The molecule has 3 heterocycles. The summed E-state index contributed by atoms with van der Waals surface area (Å²) in [4.78, 5) is 39.6. The van der Waals surface area contributed by atoms with Crippen LogP contribution in [0, 0.1) is 5.82 Å². The van der Waals surface area contributed by atoms with Gasteiger partial charge in [0.2, 0.25) is 17.7 Å². The molecular weight excluding hydrogens is 375 g/mol. The number of hydrogen-bond acceptors (Lipinski definition) is 5. The summed E-state index contributed by atoms with van der Waals surface area (Å²) in [5.41, 5.74) is 1.35. The Hall–Kier alpha value is -3.23. The molecule has 1 aromatic carbocycles. The number of fused-ring (bicyclic) bond motifs is 1. The predicted octanol–water partition coefficient (Wildman–Crippen LogP) is 1.48. The van der Waals surface area contributed by atoms with Crippen molar-refractivity contribution in [1.29, 1.82) is 0 Å². The molecule has 0 spiro atoms. The SMILES string of the molecule is O=C(Cn1cnc2ccccc21)N1CCN(c2nc(C3CC3)c(F)c(=O)[nH]2)CC1. The zero-order valence-electron chi connectivity index (χ0n) is 15.8. The van der Waals surface area contributed by atoms with Gasteiger partial charge in [0.15, 0.2) is 0 Å². The molecule has 150 valence electrons. The molecule has 1 saturated carbocycles. The second-order valence-electron chi connectivity index (χ2n) is 7.59. The van der Waals surface area contributed by atoms with E-state index in [1.807, 2.05) is 33.7 Å². The Morgan fingerprint density at radius 3 is 2.69 bits per heavy atom. The van der Waals surface area contributed by atoms with Crippen LogP contribution < -0.4 is 10.5 Å². The van der Waals surface area contributed by atoms with Crippen molar-refractivity contribution in [3.8, 4) is 0 Å². The van der Waals surface area contributed by atoms with Crippen molar-refractivity contribution in [2.24, 2.45) is 0 Å². The standard InChI is InChI=1S/C20H21FN6O2/c21-17-18(13-5-6-13)23-20(24-19(17)29)26-9-7-25(8-10-26)16(28)11-27-12-22-14-3-1-2-4-15(14)27/h1-4,12-13H,5-11H2,(H,23,24,29). The summed E-state index contributed by atoms with van der Waals surface area (Å²) in [6.07, 6.45) is 3.43. The van der Waals surface area contributed by atoms with Crippen LogP contribution in [0.15, 0.2) is 35.4 Å². The van der Waals surface area contributed by atoms with Crippen LogP contribution >= 0.6 is 0 Å². The van der Waals surface area contributed by atoms with E-state index in [4.69, 9.17) is 0 Å². The van der Waals surface area contributed by atoms with Crippen LogP contribution in [0.2, 0.25) is 0 Å². The number of carbonyl (C=O) groups is 1. The van der Waals surface area contributed by atoms with E-state index in [-0.39, 0.29) is 24.1 Å². The maximum Gasteiger partial charge on any atom is 0.288 e. The molecule has 29 heavy (non-hydrogen) atoms. The van der Waals surface area contributed by atoms with Gasteiger partial charge in [0.25, 0.3) is 5.56 Å². The van der Waals surface area contributed by atoms with Gasteiger partial charge in [-0.05, 0) is 25.0 Å². The predicted molar refractivity (Wildman–Crippen MR) is 105 cm³/mol. The zero-order valence-corrected chi connectivity index (χ0v) is 15.8. The van der Waals surface area contributed by atoms with Crippen LogP contribution in [-0.4, -0.2) is 56.5 Å². The molecule has 0 unspecified atom stereocenters. The minimum atomic E-state index is -0.766. The lowest BCUT2D eigenvalue weighted by Gasteiger charge is -2.35. The average Bonchev–Trinajstić information content (AvgIpc) is 3.51. The van der Waals surface area contributed by atoms with E-state index in [9.17, 15) is 14.0 Å². The molecule has 0 atom stereocenters. The number of aromatic amines is 1. The molecule has 1 saturated heterocycles. The summed E-state index contributed by atoms with van der Waals surface area (Å²) >= 11 is 0. The van der Waals surface area contributed by atoms with Gasteiger partial charge >= 0.3 is 0 Å². The highest BCUT2D eigenvalue weighted by Gasteiger charge is 2.31. The maximum atomic E-state index is 14.0. The van der Waals surface area contributed by atoms with E-state index in [1.165, 1.54) is 0 Å². The first-order valence-corrected chi connectivity index (χ1v) is 9.82. The number of aromatic nitrogens is 4. The summed E-state index contributed by atoms with van der Waals surface area (Å²) in [6.45, 7) is 2.35. The Kier molecular flexibility index (Phi) is 4.30. The van der Waals surface area contributed by atoms with E-state index < -0.39 is 11.4 Å². The third-order valence-corrected chi connectivity index (χ3v) is 5.60. The molecule has 1 aliphatic carbocycles. The molecule has 0 radical (unpaired) electrons. The highest BCUT2D eigenvalue weighted by atomic mass is 19.1. The number of para-hydroxylation sites is 2. The van der Waals surface area contributed by atoms with E-state index in [1.54, 1.807) is 11.2 Å². The molecule has 3 aromatic rings. The van der Waals surface area contributed by atoms with Gasteiger partial charge in [-0.15, -0.1) is 0 Å². The molecule has 9 heteroatoms. The Bertz CT molecular complexity index is 1130. The Labute approximate surface area is 166 Å². The topological polar surface area (TPSA) is 87.1 Å². The van der Waals surface area contributed by atoms with Crippen LogP contribution in [0.25, 0.3) is 11.0 Å². The fraction of sp³-hybridized carbons (Fsp3) is 0.400. The van der Waals surface area contributed by atoms with Gasteiger partial charge in [-0.1, -0.05) is 12.1 Å². The van der Waals surface area contributed by atoms with Gasteiger partial charge in [-0.3, -0.25) is 14.6 Å². The number of amides is 1. The summed E-state index contributed by atoms with van der Waals surface area (Å²) in [5.74, 6) is -0.292. The van der Waals surface area contributed by atoms with Gasteiger partial charge in [0.1, 0.15) is 6.54 Å². The van der Waals surface area contributed by atoms with Gasteiger partial charge in [-0.25, -0.2) is 9.97 Å². The highest BCUT2D eigenvalue weighted by Crippen LogP contribution is 2.39. The van der Waals surface area contributed by atoms with E-state index in [0.717, 1.165) is 23.9 Å². The van der Waals surface area contributed by atoms with Gasteiger partial charge in [-0.2, -0.15) is 4.39 Å². The number of nitrogens with one attached hydrogen (secondary N) is 1. The van der Waals surface area contributed by atoms with Crippen LogP contribution in [0.4, 0.5) is 10.3 Å². The van der Waals surface area contributed by atoms with Crippen LogP contribution in [0.5, 0.6) is 0 Å². The zero-order chi connectivity index (χ0) is 20.0. The molecule has 2 aliphatic rings. The molecule has 2 fully saturated rings. The average molecular weight is 396 g/mol. The van der Waals surface area contributed by atoms with E-state index >= 15 is 0 Å². The van der Waals surface area contributed by atoms with Gasteiger partial charge < -0.3 is 14.4 Å². The monoisotopic (exact) mass is 396 g/mol. The fourth-order valence-corrected chi connectivity index (χ4v) is 3.79. The van der Waals surface area contributed by atoms with Crippen molar-refractivity contribution in [2.75, 3.05) is 31.1 Å². The molecule has 5 rings (SSSR count). The lowest BCUT2D eigenvalue weighted by atomic mass is 10.2. The number of nitrogens with zero attached hydrogens (tertiary/aromatic N) is 5. The van der Waals surface area contributed by atoms with Gasteiger partial charge in [0.05, 0.1) is 23.1 Å². The number of imidazole rings is 1. The third-order valence-electron chi connectivity index (χ3n) is 5.60. The number of piperazine rings is 1. The van der Waals surface area contributed by atoms with Crippen molar-refractivity contribution in [2.45, 2.75) is 25.3 Å². The van der Waals surface area contributed by atoms with Crippen molar-refractivity contribution < 1.29 is 9.18 Å². The van der Waals surface area contributed by atoms with Crippen LogP contribution in [0.1, 0.15) is 24.5 Å². The summed E-state index contributed by atoms with van der Waals surface area (Å²) in [6, 6.07) is 7.71. The normalized spacial score (nSPS) is 17.1. The van der Waals surface area contributed by atoms with Crippen molar-refractivity contribution >= 4 is 22.9 Å². The molecule has 1 amide bonds. The molecule has 8 nitrogen and oxygen atoms in total. The maximum absolute atomic E-state index is 14.0. The summed E-state index contributed by atoms with van der Waals surface area (Å²) in [7, 11) is 0. The third kappa shape index (κ3) is 3.37. The number of hydrogen-bond donors (Lipinski definition) is 1. The Morgan fingerprint density at radius 1 is 1.17 bits per heavy atom. The molecule has 2 aromatic heterocycles. The largest absolute Gasteiger partial charge is 0.339 e. The molecule has 1 aliphatic heterocycles. The molecule has 0 bridgehead atoms. The van der Waals surface area contributed by atoms with Crippen molar-refractivity contribution in [1.82, 2.24) is 24.4 Å². The van der Waals surface area contributed by atoms with E-state index in [2.05, 4.69) is 15.0 Å². The quantitative estimate of drug-likeness (QED) is 0.722. The first-order chi connectivity index (χ1) is 14.1. The smallest absolute Gasteiger partial charge is 0.288 e. The lowest BCUT2D eigenvalue weighted by molar-refractivity contribution is -0.132. The number of benzene rings is 1. The second-order valence-corrected chi connectivity index (χ2v) is 7.59. The van der Waals surface area contributed by atoms with E-state index in [0.29, 0.717) is 32.1 Å². The van der Waals surface area contributed by atoms with Crippen molar-refractivity contribution in [3.05, 3.63) is 52.5 Å². The second kappa shape index (κ2) is 6.98. The van der Waals surface area contributed by atoms with Crippen molar-refractivity contribution in [3.63, 3.8) is 0 Å². The van der Waals surface area contributed by atoms with Gasteiger partial charge in [0, 0.05) is 32.1 Å². The highest BCUT2D eigenvalue weighted by molar-refractivity contribution is 5.80. The lowest BCUT2D eigenvalue weighted by Crippen LogP contribution is -2.50. The molecular formula is C20H21FN6O2. The van der Waals surface area contributed by atoms with Crippen LogP contribution in [0.3, 0.4) is 0 Å². The first-order valence-electron chi connectivity index (χ1n) is 9.82. The first kappa shape index (κ1) is 17.8. The number of rotatable bonds is 4. The summed E-state index contributed by atoms with van der Waals surface area (Å²) < 4.78 is 15.9. The minimum Gasteiger partial charge on any atom is -0.339 e. The minimum absolute atomic E-state index is 0.0204. The Morgan fingerprint density at radius 2 is 1.93 bits per heavy atom. The number of halogens is 1. The molecule has 1 N–H and O–H groups in total. The number of anilines is 1. The number of carbonyl (C=O) groups excluding carboxylic acids is 1. The number of H-pyrrole nitrogens is 1. The fourth-order valence-electron chi connectivity index (χ4n) is 3.79. The van der Waals surface area contributed by atoms with Crippen LogP contribution in [-0.2, 0) is 11.3 Å². The Balaban J connectivity index is 1.26.